The number of aromatic nitrogens is 1. The van der Waals surface area contributed by atoms with Crippen LogP contribution in [-0.4, -0.2) is 67.4 Å². The Morgan fingerprint density at radius 3 is 2.53 bits per heavy atom. The molecule has 3 aromatic rings. The van der Waals surface area contributed by atoms with Gasteiger partial charge in [0.25, 0.3) is 0 Å². The van der Waals surface area contributed by atoms with Crippen LogP contribution in [0.15, 0.2) is 65.7 Å². The number of Topliss-reactive ketones (excluding diaryl/α,β-unsaturated/α-hetero) is 1. The fourth-order valence-electron chi connectivity index (χ4n) is 4.70. The number of amides is 2. The molecule has 3 heterocycles. The summed E-state index contributed by atoms with van der Waals surface area (Å²) in [5.41, 5.74) is 12.5. The monoisotopic (exact) mass is 687 g/mol. The first-order valence-corrected chi connectivity index (χ1v) is 16.5. The Bertz CT molecular complexity index is 1440. The summed E-state index contributed by atoms with van der Waals surface area (Å²) in [6.07, 6.45) is 7.63. The average molecular weight is 688 g/mol. The molecule has 6 N–H and O–H groups in total. The van der Waals surface area contributed by atoms with Crippen LogP contribution in [0.5, 0.6) is 5.75 Å². The molecule has 2 aliphatic heterocycles. The molecule has 0 saturated carbocycles. The SMILES string of the molecule is CC(C)CC1NC(=O)CCc2ccc(cc2)OC/C=C\CCNC1=O.C[N-]C(CCCN=C(N)N)C(=O)c1nc2ccccc2s1.[K+]. The van der Waals surface area contributed by atoms with Crippen molar-refractivity contribution in [1.82, 2.24) is 15.6 Å². The number of likely N-dealkylation sites (N-methyl/N-ethyl adjacent to an activating group) is 1. The van der Waals surface area contributed by atoms with E-state index in [1.165, 1.54) is 11.3 Å². The summed E-state index contributed by atoms with van der Waals surface area (Å²) < 4.78 is 6.64. The van der Waals surface area contributed by atoms with Crippen LogP contribution in [0.25, 0.3) is 15.5 Å². The van der Waals surface area contributed by atoms with E-state index in [0.29, 0.717) is 62.7 Å². The van der Waals surface area contributed by atoms with E-state index in [0.717, 1.165) is 28.0 Å². The summed E-state index contributed by atoms with van der Waals surface area (Å²) in [5.74, 6) is 0.966. The number of hydrogen-bond acceptors (Lipinski definition) is 7. The first-order chi connectivity index (χ1) is 22.2. The van der Waals surface area contributed by atoms with Crippen molar-refractivity contribution in [2.24, 2.45) is 22.4 Å². The Morgan fingerprint density at radius 1 is 1.11 bits per heavy atom. The standard InChI is InChI=1S/C20H28N2O3.C14H18N5OS.K/c1-15(2)14-18-20(24)21-12-4-3-5-13-25-17-9-6-16(7-10-17)8-11-19(23)22-18;1-17-10(6-4-8-18-14(15)16)12(20)13-19-9-5-2-3-7-11(9)21-13;/h3,5-7,9-10,15,18H,4,8,11-14H2,1-2H3,(H,21,24)(H,22,23);2-3,5,7,10H,4,6,8H2,1H3,(H4,15,16,18);/q;-1;+1/b5-3-;;. The maximum absolute atomic E-state index is 12.4. The number of benzene rings is 2. The molecular weight excluding hydrogens is 642 g/mol. The molecule has 1 aromatic heterocycles. The third-order valence-corrected chi connectivity index (χ3v) is 8.15. The van der Waals surface area contributed by atoms with E-state index in [4.69, 9.17) is 16.2 Å². The number of hydrogen-bond donors (Lipinski definition) is 4. The molecule has 2 amide bonds. The largest absolute Gasteiger partial charge is 1.00 e. The molecule has 5 rings (SSSR count). The molecule has 2 unspecified atom stereocenters. The minimum Gasteiger partial charge on any atom is -0.656 e. The Morgan fingerprint density at radius 2 is 1.85 bits per heavy atom. The molecule has 248 valence electrons. The van der Waals surface area contributed by atoms with Crippen LogP contribution < -0.4 is 78.2 Å². The van der Waals surface area contributed by atoms with Crippen LogP contribution in [0, 0.1) is 5.92 Å². The van der Waals surface area contributed by atoms with Crippen LogP contribution in [0.3, 0.4) is 0 Å². The molecule has 2 atom stereocenters. The number of fused-ring (bicyclic) bond motifs is 14. The van der Waals surface area contributed by atoms with Crippen molar-refractivity contribution >= 4 is 45.1 Å². The first kappa shape index (κ1) is 40.5. The van der Waals surface area contributed by atoms with Gasteiger partial charge in [0.05, 0.1) is 10.2 Å². The van der Waals surface area contributed by atoms with Crippen molar-refractivity contribution in [2.75, 3.05) is 26.7 Å². The number of ketones is 1. The summed E-state index contributed by atoms with van der Waals surface area (Å²) in [6.45, 7) is 5.65. The fourth-order valence-corrected chi connectivity index (χ4v) is 5.66. The number of carbonyl (C=O) groups excluding carboxylic acids is 3. The van der Waals surface area contributed by atoms with E-state index in [2.05, 4.69) is 25.9 Å². The second-order valence-corrected chi connectivity index (χ2v) is 12.4. The zero-order valence-electron chi connectivity index (χ0n) is 27.9. The topological polar surface area (TPSA) is 176 Å². The fraction of sp³-hybridized carbons (Fsp3) is 0.441. The zero-order valence-corrected chi connectivity index (χ0v) is 31.8. The number of carbonyl (C=O) groups is 3. The third kappa shape index (κ3) is 15.0. The molecule has 0 fully saturated rings. The van der Waals surface area contributed by atoms with Gasteiger partial charge in [-0.3, -0.25) is 19.4 Å². The molecule has 0 spiro atoms. The molecule has 47 heavy (non-hydrogen) atoms. The van der Waals surface area contributed by atoms with Gasteiger partial charge in [-0.15, -0.1) is 11.3 Å². The van der Waals surface area contributed by atoms with Gasteiger partial charge in [-0.05, 0) is 61.4 Å². The van der Waals surface area contributed by atoms with E-state index in [-0.39, 0.29) is 81.0 Å². The number of para-hydroxylation sites is 1. The molecular formula is C34H46KN7O4S. The molecule has 0 radical (unpaired) electrons. The maximum Gasteiger partial charge on any atom is 1.00 e. The second kappa shape index (κ2) is 22.1. The van der Waals surface area contributed by atoms with Gasteiger partial charge in [0, 0.05) is 19.5 Å². The quantitative estimate of drug-likeness (QED) is 0.0659. The number of nitrogens with zero attached hydrogens (tertiary/aromatic N) is 3. The molecule has 2 bridgehead atoms. The predicted molar refractivity (Wildman–Crippen MR) is 185 cm³/mol. The van der Waals surface area contributed by atoms with Crippen molar-refractivity contribution in [3.63, 3.8) is 0 Å². The average Bonchev–Trinajstić information content (AvgIpc) is 3.47. The van der Waals surface area contributed by atoms with Crippen molar-refractivity contribution in [1.29, 1.82) is 0 Å². The van der Waals surface area contributed by atoms with Crippen LogP contribution in [0.4, 0.5) is 0 Å². The van der Waals surface area contributed by atoms with E-state index >= 15 is 0 Å². The molecule has 11 nitrogen and oxygen atoms in total. The number of guanidine groups is 1. The Hall–Kier alpha value is -2.65. The van der Waals surface area contributed by atoms with Crippen molar-refractivity contribution < 1.29 is 70.5 Å². The van der Waals surface area contributed by atoms with Gasteiger partial charge >= 0.3 is 51.4 Å². The summed E-state index contributed by atoms with van der Waals surface area (Å²) in [7, 11) is 1.65. The Labute approximate surface area is 324 Å². The summed E-state index contributed by atoms with van der Waals surface area (Å²) in [6, 6.07) is 14.6. The maximum atomic E-state index is 12.4. The van der Waals surface area contributed by atoms with Crippen LogP contribution in [-0.2, 0) is 16.0 Å². The number of nitrogens with one attached hydrogen (secondary N) is 2. The van der Waals surface area contributed by atoms with Gasteiger partial charge in [-0.25, -0.2) is 4.98 Å². The number of ether oxygens (including phenoxy) is 1. The van der Waals surface area contributed by atoms with Crippen molar-refractivity contribution in [3.05, 3.63) is 76.6 Å². The number of nitrogens with two attached hydrogens (primary N) is 2. The van der Waals surface area contributed by atoms with Crippen molar-refractivity contribution in [2.45, 2.75) is 64.5 Å². The minimum atomic E-state index is -0.474. The number of aryl methyl sites for hydroxylation is 1. The number of aliphatic imine (C=N–C) groups is 1. The summed E-state index contributed by atoms with van der Waals surface area (Å²) in [5, 5.41) is 10.5. The molecule has 2 aliphatic rings. The Kier molecular flexibility index (Phi) is 19.0. The van der Waals surface area contributed by atoms with Crippen LogP contribution in [0.1, 0.15) is 61.3 Å². The molecule has 13 heteroatoms. The summed E-state index contributed by atoms with van der Waals surface area (Å²) >= 11 is 1.40. The predicted octanol–water partition coefficient (Wildman–Crippen LogP) is 1.51. The molecule has 0 aliphatic carbocycles. The van der Waals surface area contributed by atoms with Crippen molar-refractivity contribution in [3.8, 4) is 5.75 Å². The third-order valence-electron chi connectivity index (χ3n) is 7.10. The van der Waals surface area contributed by atoms with E-state index < -0.39 is 6.04 Å². The minimum absolute atomic E-state index is 0. The van der Waals surface area contributed by atoms with Gasteiger partial charge in [0.2, 0.25) is 11.8 Å². The van der Waals surface area contributed by atoms with E-state index in [9.17, 15) is 14.4 Å². The van der Waals surface area contributed by atoms with Crippen LogP contribution in [0.2, 0.25) is 0 Å². The zero-order chi connectivity index (χ0) is 33.3. The smallest absolute Gasteiger partial charge is 0.656 e. The van der Waals surface area contributed by atoms with Gasteiger partial charge in [0.1, 0.15) is 18.4 Å². The van der Waals surface area contributed by atoms with Gasteiger partial charge in [0.15, 0.2) is 16.8 Å². The first-order valence-electron chi connectivity index (χ1n) is 15.6. The summed E-state index contributed by atoms with van der Waals surface area (Å²) in [4.78, 5) is 45.3. The second-order valence-electron chi connectivity index (χ2n) is 11.3. The van der Waals surface area contributed by atoms with E-state index in [1.807, 2.05) is 74.5 Å². The Balaban J connectivity index is 0.000000324. The molecule has 2 aromatic carbocycles. The van der Waals surface area contributed by atoms with Gasteiger partial charge in [-0.2, -0.15) is 7.05 Å². The van der Waals surface area contributed by atoms with E-state index in [1.54, 1.807) is 7.05 Å². The normalized spacial score (nSPS) is 16.7. The number of thiazole rings is 1. The van der Waals surface area contributed by atoms with Crippen LogP contribution >= 0.6 is 11.3 Å². The van der Waals surface area contributed by atoms with Gasteiger partial charge < -0.3 is 32.2 Å². The van der Waals surface area contributed by atoms with Gasteiger partial charge in [-0.1, -0.05) is 62.7 Å². The number of rotatable bonds is 9. The molecule has 0 saturated heterocycles.